The highest BCUT2D eigenvalue weighted by Gasteiger charge is 2.51. The van der Waals surface area contributed by atoms with Crippen LogP contribution in [0.25, 0.3) is 33.3 Å². The molecule has 6 heteroatoms. The molecule has 0 N–H and O–H groups in total. The van der Waals surface area contributed by atoms with Gasteiger partial charge < -0.3 is 18.6 Å². The number of rotatable bonds is 4. The summed E-state index contributed by atoms with van der Waals surface area (Å²) in [6.45, 7) is 7.83. The average molecular weight is 453 g/mol. The Morgan fingerprint density at radius 3 is 1.38 bits per heavy atom. The summed E-state index contributed by atoms with van der Waals surface area (Å²) in [5.74, 6) is -0.357. The molecule has 0 aliphatic carbocycles. The highest BCUT2D eigenvalue weighted by atomic mass is 16.3. The first-order valence-electron chi connectivity index (χ1n) is 11.5. The molecular formula is C28H24N2O4. The zero-order chi connectivity index (χ0) is 23.7. The second-order valence-electron chi connectivity index (χ2n) is 9.28. The molecule has 0 saturated heterocycles. The van der Waals surface area contributed by atoms with E-state index in [0.29, 0.717) is 33.7 Å². The van der Waals surface area contributed by atoms with Crippen molar-refractivity contribution >= 4 is 45.1 Å². The number of fused-ring (bicyclic) bond motifs is 3. The van der Waals surface area contributed by atoms with Gasteiger partial charge in [-0.3, -0.25) is 9.59 Å². The van der Waals surface area contributed by atoms with Crippen molar-refractivity contribution in [2.45, 2.75) is 39.8 Å². The van der Waals surface area contributed by atoms with Gasteiger partial charge in [-0.2, -0.15) is 0 Å². The van der Waals surface area contributed by atoms with Crippen molar-refractivity contribution in [3.05, 3.63) is 83.3 Å². The van der Waals surface area contributed by atoms with Gasteiger partial charge in [-0.1, -0.05) is 36.4 Å². The Kier molecular flexibility index (Phi) is 4.36. The fourth-order valence-electron chi connectivity index (χ4n) is 5.17. The number of hydrogen-bond acceptors (Lipinski definition) is 4. The van der Waals surface area contributed by atoms with Crippen LogP contribution in [0, 0.1) is 0 Å². The molecule has 4 heterocycles. The number of furan rings is 2. The summed E-state index contributed by atoms with van der Waals surface area (Å²) < 4.78 is 11.6. The molecule has 0 spiro atoms. The number of benzene rings is 2. The summed E-state index contributed by atoms with van der Waals surface area (Å²) in [6, 6.07) is 15.1. The third-order valence-corrected chi connectivity index (χ3v) is 6.58. The fourth-order valence-corrected chi connectivity index (χ4v) is 5.17. The maximum Gasteiger partial charge on any atom is 0.261 e. The summed E-state index contributed by atoms with van der Waals surface area (Å²) in [7, 11) is 0. The summed E-state index contributed by atoms with van der Waals surface area (Å²) in [4.78, 5) is 31.5. The van der Waals surface area contributed by atoms with E-state index in [1.165, 1.54) is 0 Å². The van der Waals surface area contributed by atoms with Gasteiger partial charge in [-0.15, -0.1) is 0 Å². The number of carbonyl (C=O) groups excluding carboxylic acids is 2. The lowest BCUT2D eigenvalue weighted by atomic mass is 10.0. The highest BCUT2D eigenvalue weighted by Crippen LogP contribution is 2.50. The quantitative estimate of drug-likeness (QED) is 0.392. The zero-order valence-corrected chi connectivity index (χ0v) is 19.5. The molecule has 0 unspecified atom stereocenters. The zero-order valence-electron chi connectivity index (χ0n) is 19.5. The van der Waals surface area contributed by atoms with Gasteiger partial charge in [-0.25, -0.2) is 0 Å². The minimum Gasteiger partial charge on any atom is -0.464 e. The number of nitrogens with zero attached hydrogens (tertiary/aromatic N) is 2. The van der Waals surface area contributed by atoms with E-state index in [4.69, 9.17) is 8.83 Å². The number of amides is 2. The Hall–Kier alpha value is -4.06. The predicted octanol–water partition coefficient (Wildman–Crippen LogP) is 5.80. The third kappa shape index (κ3) is 2.62. The average Bonchev–Trinajstić information content (AvgIpc) is 3.55. The molecule has 2 amide bonds. The van der Waals surface area contributed by atoms with E-state index in [1.807, 2.05) is 76.2 Å². The maximum atomic E-state index is 14.0. The van der Waals surface area contributed by atoms with Crippen molar-refractivity contribution in [1.29, 1.82) is 0 Å². The van der Waals surface area contributed by atoms with E-state index in [2.05, 4.69) is 0 Å². The van der Waals surface area contributed by atoms with Crippen LogP contribution in [-0.2, 0) is 9.59 Å². The summed E-state index contributed by atoms with van der Waals surface area (Å²) >= 11 is 0. The van der Waals surface area contributed by atoms with Crippen LogP contribution >= 0.6 is 0 Å². The van der Waals surface area contributed by atoms with E-state index in [9.17, 15) is 9.59 Å². The largest absolute Gasteiger partial charge is 0.464 e. The second kappa shape index (κ2) is 7.22. The molecule has 0 radical (unpaired) electrons. The summed E-state index contributed by atoms with van der Waals surface area (Å²) in [5, 5.41) is 1.74. The normalized spacial score (nSPS) is 16.5. The Morgan fingerprint density at radius 1 is 0.618 bits per heavy atom. The van der Waals surface area contributed by atoms with Gasteiger partial charge in [-0.05, 0) is 39.8 Å². The van der Waals surface area contributed by atoms with Crippen LogP contribution in [0.5, 0.6) is 0 Å². The molecule has 170 valence electrons. The van der Waals surface area contributed by atoms with Crippen LogP contribution in [0.4, 0.5) is 0 Å². The molecule has 2 aliphatic rings. The minimum atomic E-state index is -0.179. The molecule has 34 heavy (non-hydrogen) atoms. The second-order valence-corrected chi connectivity index (χ2v) is 9.28. The molecule has 0 saturated carbocycles. The third-order valence-electron chi connectivity index (χ3n) is 6.58. The van der Waals surface area contributed by atoms with Crippen molar-refractivity contribution in [3.63, 3.8) is 0 Å². The van der Waals surface area contributed by atoms with Crippen LogP contribution in [0.15, 0.2) is 81.0 Å². The first-order chi connectivity index (χ1) is 16.4. The Balaban J connectivity index is 1.71. The van der Waals surface area contributed by atoms with E-state index >= 15 is 0 Å². The van der Waals surface area contributed by atoms with Crippen LogP contribution in [0.1, 0.15) is 38.8 Å². The smallest absolute Gasteiger partial charge is 0.261 e. The molecule has 0 atom stereocenters. The van der Waals surface area contributed by atoms with Crippen molar-refractivity contribution < 1.29 is 18.4 Å². The lowest BCUT2D eigenvalue weighted by Gasteiger charge is -2.28. The Labute approximate surface area is 196 Å². The van der Waals surface area contributed by atoms with Crippen LogP contribution in [-0.4, -0.2) is 33.7 Å². The summed E-state index contributed by atoms with van der Waals surface area (Å²) in [5.41, 5.74) is 5.00. The minimum absolute atomic E-state index is 0.149. The van der Waals surface area contributed by atoms with Crippen LogP contribution in [0.3, 0.4) is 0 Å². The Morgan fingerprint density at radius 2 is 1.00 bits per heavy atom. The van der Waals surface area contributed by atoms with Gasteiger partial charge in [0.1, 0.15) is 23.7 Å². The molecule has 2 aromatic carbocycles. The monoisotopic (exact) mass is 452 g/mol. The lowest BCUT2D eigenvalue weighted by molar-refractivity contribution is -0.125. The van der Waals surface area contributed by atoms with E-state index in [-0.39, 0.29) is 23.9 Å². The number of hydrogen-bond donors (Lipinski definition) is 0. The van der Waals surface area contributed by atoms with E-state index in [1.54, 1.807) is 22.3 Å². The van der Waals surface area contributed by atoms with Gasteiger partial charge in [0.25, 0.3) is 11.8 Å². The Bertz CT molecular complexity index is 1450. The molecule has 6 rings (SSSR count). The summed E-state index contributed by atoms with van der Waals surface area (Å²) in [6.07, 6.45) is 3.30. The molecule has 6 nitrogen and oxygen atoms in total. The highest BCUT2D eigenvalue weighted by molar-refractivity contribution is 6.31. The molecule has 4 aromatic rings. The van der Waals surface area contributed by atoms with Gasteiger partial charge in [0.15, 0.2) is 0 Å². The SMILES string of the molecule is CC(C)N1C(=O)C2=C(c3coc4ccccc34)N(C(C)C)C(=O)C2=C1c1coc2ccccc12. The first-order valence-corrected chi connectivity index (χ1v) is 11.5. The van der Waals surface area contributed by atoms with Crippen molar-refractivity contribution in [3.8, 4) is 0 Å². The first kappa shape index (κ1) is 20.5. The fraction of sp³-hybridized carbons (Fsp3) is 0.214. The van der Waals surface area contributed by atoms with Crippen molar-refractivity contribution in [2.75, 3.05) is 0 Å². The van der Waals surface area contributed by atoms with Gasteiger partial charge in [0.2, 0.25) is 0 Å². The van der Waals surface area contributed by atoms with Gasteiger partial charge in [0.05, 0.1) is 22.5 Å². The van der Waals surface area contributed by atoms with Gasteiger partial charge in [0, 0.05) is 34.0 Å². The molecule has 2 aliphatic heterocycles. The van der Waals surface area contributed by atoms with E-state index in [0.717, 1.165) is 21.9 Å². The van der Waals surface area contributed by atoms with Crippen LogP contribution < -0.4 is 0 Å². The molecular weight excluding hydrogens is 428 g/mol. The predicted molar refractivity (Wildman–Crippen MR) is 130 cm³/mol. The van der Waals surface area contributed by atoms with Crippen LogP contribution in [0.2, 0.25) is 0 Å². The topological polar surface area (TPSA) is 66.9 Å². The molecule has 2 aromatic heterocycles. The van der Waals surface area contributed by atoms with Crippen molar-refractivity contribution in [2.24, 2.45) is 0 Å². The lowest BCUT2D eigenvalue weighted by Crippen LogP contribution is -2.36. The number of para-hydroxylation sites is 2. The number of carbonyl (C=O) groups is 2. The van der Waals surface area contributed by atoms with E-state index < -0.39 is 0 Å². The standard InChI is InChI=1S/C28H24N2O4/c1-15(2)29-25(19-13-33-21-11-7-5-9-17(19)21)23-24(27(29)31)26(30(16(3)4)28(23)32)20-14-34-22-12-8-6-10-18(20)22/h5-16H,1-4H3. The maximum absolute atomic E-state index is 14.0. The molecule has 0 fully saturated rings. The van der Waals surface area contributed by atoms with Crippen molar-refractivity contribution in [1.82, 2.24) is 9.80 Å². The van der Waals surface area contributed by atoms with Gasteiger partial charge >= 0.3 is 0 Å². The molecule has 0 bridgehead atoms.